The van der Waals surface area contributed by atoms with Crippen molar-refractivity contribution in [3.05, 3.63) is 44.8 Å². The van der Waals surface area contributed by atoms with Crippen molar-refractivity contribution in [1.82, 2.24) is 0 Å². The number of hydrogen-bond acceptors (Lipinski definition) is 0. The standard InChI is InChI=1S/2C5H5.C4H9.Ru/c2*1-2-4-5-3-1;1-4(2)3;/h2*1-3H,4H2;1-3H3;. The molecule has 2 rings (SSSR count). The van der Waals surface area contributed by atoms with Gasteiger partial charge in [0.1, 0.15) is 0 Å². The first-order chi connectivity index (χ1) is 7.09. The van der Waals surface area contributed by atoms with E-state index < -0.39 is 16.0 Å². The summed E-state index contributed by atoms with van der Waals surface area (Å²) < 4.78 is 3.92. The van der Waals surface area contributed by atoms with E-state index in [1.165, 1.54) is 12.8 Å². The van der Waals surface area contributed by atoms with Gasteiger partial charge in [-0.2, -0.15) is 0 Å². The zero-order valence-electron chi connectivity index (χ0n) is 9.73. The maximum atomic E-state index is 2.41. The Morgan fingerprint density at radius 1 is 0.933 bits per heavy atom. The molecule has 0 fully saturated rings. The molecule has 0 saturated heterocycles. The van der Waals surface area contributed by atoms with Gasteiger partial charge < -0.3 is 0 Å². The molecule has 0 spiro atoms. The Hall–Kier alpha value is -0.417. The van der Waals surface area contributed by atoms with Crippen LogP contribution in [0.3, 0.4) is 0 Å². The number of allylic oxidation sites excluding steroid dienone is 8. The summed E-state index contributed by atoms with van der Waals surface area (Å²) in [6.45, 7) is 7.22. The number of rotatable bonds is 2. The van der Waals surface area contributed by atoms with Crippen LogP contribution in [-0.4, -0.2) is 0 Å². The Morgan fingerprint density at radius 2 is 1.40 bits per heavy atom. The molecule has 0 aromatic heterocycles. The molecule has 83 valence electrons. The first kappa shape index (κ1) is 11.1. The summed E-state index contributed by atoms with van der Waals surface area (Å²) in [7, 11) is 0. The van der Waals surface area contributed by atoms with E-state index in [0.29, 0.717) is 4.01 Å². The van der Waals surface area contributed by atoms with Crippen molar-refractivity contribution in [2.24, 2.45) is 0 Å². The molecule has 0 aliphatic heterocycles. The van der Waals surface area contributed by atoms with Crippen LogP contribution >= 0.6 is 0 Å². The van der Waals surface area contributed by atoms with Gasteiger partial charge >= 0.3 is 98.4 Å². The predicted octanol–water partition coefficient (Wildman–Crippen LogP) is 4.51. The Bertz CT molecular complexity index is 331. The van der Waals surface area contributed by atoms with Gasteiger partial charge in [-0.15, -0.1) is 0 Å². The molecule has 1 heteroatoms. The van der Waals surface area contributed by atoms with Crippen LogP contribution < -0.4 is 0 Å². The SMILES string of the molecule is C[C](C)(C)[Ru]([C]1=CC=CC1)[C]1=CC=CC1. The molecule has 15 heavy (non-hydrogen) atoms. The molecule has 0 aromatic carbocycles. The van der Waals surface area contributed by atoms with Crippen molar-refractivity contribution in [3.8, 4) is 0 Å². The molecule has 0 unspecified atom stereocenters. The Balaban J connectivity index is 2.25. The van der Waals surface area contributed by atoms with Crippen molar-refractivity contribution < 1.29 is 16.0 Å². The first-order valence-electron chi connectivity index (χ1n) is 5.46. The van der Waals surface area contributed by atoms with E-state index in [9.17, 15) is 0 Å². The molecule has 0 bridgehead atoms. The van der Waals surface area contributed by atoms with Crippen LogP contribution in [0.15, 0.2) is 44.8 Å². The van der Waals surface area contributed by atoms with Crippen LogP contribution in [0.2, 0.25) is 4.01 Å². The van der Waals surface area contributed by atoms with Gasteiger partial charge in [-0.05, 0) is 0 Å². The molecule has 0 N–H and O–H groups in total. The molecule has 0 nitrogen and oxygen atoms in total. The normalized spacial score (nSPS) is 20.6. The molecule has 0 aromatic rings. The van der Waals surface area contributed by atoms with Gasteiger partial charge in [-0.25, -0.2) is 0 Å². The fourth-order valence-electron chi connectivity index (χ4n) is 1.92. The third kappa shape index (κ3) is 2.40. The van der Waals surface area contributed by atoms with Crippen LogP contribution in [0.1, 0.15) is 33.6 Å². The second-order valence-electron chi connectivity index (χ2n) is 4.76. The van der Waals surface area contributed by atoms with Crippen molar-refractivity contribution in [1.29, 1.82) is 0 Å². The summed E-state index contributed by atoms with van der Waals surface area (Å²) in [5.74, 6) is 0. The Morgan fingerprint density at radius 3 is 1.67 bits per heavy atom. The maximum absolute atomic E-state index is 2.41. The van der Waals surface area contributed by atoms with Crippen molar-refractivity contribution in [3.63, 3.8) is 0 Å². The van der Waals surface area contributed by atoms with Crippen LogP contribution in [0.5, 0.6) is 0 Å². The quantitative estimate of drug-likeness (QED) is 0.656. The minimum atomic E-state index is -0.979. The summed E-state index contributed by atoms with van der Waals surface area (Å²) in [6, 6.07) is 0. The summed E-state index contributed by atoms with van der Waals surface area (Å²) in [5, 5.41) is 0. The molecule has 0 atom stereocenters. The Labute approximate surface area is 98.4 Å². The molecular formula is C14H19Ru. The van der Waals surface area contributed by atoms with Gasteiger partial charge in [0.2, 0.25) is 0 Å². The average molecular weight is 288 g/mol. The molecular weight excluding hydrogens is 269 g/mol. The van der Waals surface area contributed by atoms with Crippen molar-refractivity contribution >= 4 is 0 Å². The van der Waals surface area contributed by atoms with E-state index in [1.54, 1.807) is 8.33 Å². The molecule has 2 aliphatic carbocycles. The summed E-state index contributed by atoms with van der Waals surface area (Å²) in [6.07, 6.45) is 16.2. The summed E-state index contributed by atoms with van der Waals surface area (Å²) in [4.78, 5) is 0. The fourth-order valence-corrected chi connectivity index (χ4v) is 8.02. The van der Waals surface area contributed by atoms with Gasteiger partial charge in [0.05, 0.1) is 0 Å². The number of hydrogen-bond donors (Lipinski definition) is 0. The topological polar surface area (TPSA) is 0 Å². The first-order valence-corrected chi connectivity index (χ1v) is 8.07. The third-order valence-electron chi connectivity index (χ3n) is 2.42. The summed E-state index contributed by atoms with van der Waals surface area (Å²) in [5.41, 5.74) is 0. The van der Waals surface area contributed by atoms with Crippen LogP contribution in [0.25, 0.3) is 0 Å². The zero-order chi connectivity index (χ0) is 10.9. The van der Waals surface area contributed by atoms with E-state index in [-0.39, 0.29) is 0 Å². The van der Waals surface area contributed by atoms with E-state index in [0.717, 1.165) is 0 Å². The van der Waals surface area contributed by atoms with E-state index >= 15 is 0 Å². The van der Waals surface area contributed by atoms with Gasteiger partial charge in [-0.1, -0.05) is 0 Å². The van der Waals surface area contributed by atoms with Crippen LogP contribution in [0.4, 0.5) is 0 Å². The van der Waals surface area contributed by atoms with Gasteiger partial charge in [0.25, 0.3) is 0 Å². The van der Waals surface area contributed by atoms with Crippen LogP contribution in [-0.2, 0) is 16.0 Å². The zero-order valence-corrected chi connectivity index (χ0v) is 11.5. The monoisotopic (exact) mass is 289 g/mol. The second kappa shape index (κ2) is 4.22. The third-order valence-corrected chi connectivity index (χ3v) is 8.55. The molecule has 2 aliphatic rings. The van der Waals surface area contributed by atoms with E-state index in [1.807, 2.05) is 0 Å². The molecule has 0 radical (unpaired) electrons. The van der Waals surface area contributed by atoms with E-state index in [4.69, 9.17) is 0 Å². The van der Waals surface area contributed by atoms with E-state index in [2.05, 4.69) is 57.2 Å². The minimum absolute atomic E-state index is 0.472. The van der Waals surface area contributed by atoms with Crippen molar-refractivity contribution in [2.75, 3.05) is 0 Å². The molecule has 0 amide bonds. The molecule has 0 heterocycles. The summed E-state index contributed by atoms with van der Waals surface area (Å²) >= 11 is -0.979. The van der Waals surface area contributed by atoms with Crippen LogP contribution in [0, 0.1) is 0 Å². The second-order valence-corrected chi connectivity index (χ2v) is 10.9. The Kier molecular flexibility index (Phi) is 3.12. The van der Waals surface area contributed by atoms with Gasteiger partial charge in [-0.3, -0.25) is 0 Å². The molecule has 0 saturated carbocycles. The van der Waals surface area contributed by atoms with Gasteiger partial charge in [0.15, 0.2) is 0 Å². The predicted molar refractivity (Wildman–Crippen MR) is 63.4 cm³/mol. The average Bonchev–Trinajstić information content (AvgIpc) is 2.73. The van der Waals surface area contributed by atoms with Gasteiger partial charge in [0, 0.05) is 0 Å². The fraction of sp³-hybridized carbons (Fsp3) is 0.429. The van der Waals surface area contributed by atoms with Crippen molar-refractivity contribution in [2.45, 2.75) is 37.6 Å².